The summed E-state index contributed by atoms with van der Waals surface area (Å²) in [6.07, 6.45) is 1.94. The van der Waals surface area contributed by atoms with Crippen molar-refractivity contribution in [3.05, 3.63) is 71.4 Å². The maximum absolute atomic E-state index is 12.7. The van der Waals surface area contributed by atoms with E-state index in [-0.39, 0.29) is 29.9 Å². The smallest absolute Gasteiger partial charge is 0.412 e. The van der Waals surface area contributed by atoms with Crippen LogP contribution in [0.3, 0.4) is 0 Å². The first-order chi connectivity index (χ1) is 15.6. The third kappa shape index (κ3) is 3.62. The predicted molar refractivity (Wildman–Crippen MR) is 117 cm³/mol. The van der Waals surface area contributed by atoms with E-state index in [1.165, 1.54) is 6.20 Å². The molecule has 0 spiro atoms. The minimum absolute atomic E-state index is 0.0410. The third-order valence-corrected chi connectivity index (χ3v) is 6.13. The van der Waals surface area contributed by atoms with Crippen LogP contribution < -0.4 is 5.32 Å². The molecule has 0 atom stereocenters. The van der Waals surface area contributed by atoms with E-state index in [0.717, 1.165) is 22.3 Å². The number of hydrogen-bond acceptors (Lipinski definition) is 5. The van der Waals surface area contributed by atoms with Crippen LogP contribution in [0.4, 0.5) is 10.6 Å². The van der Waals surface area contributed by atoms with Crippen LogP contribution in [0.25, 0.3) is 11.1 Å². The van der Waals surface area contributed by atoms with Gasteiger partial charge in [-0.25, -0.2) is 14.3 Å². The first kappa shape index (κ1) is 20.3. The molecule has 3 aromatic rings. The molecule has 2 heterocycles. The van der Waals surface area contributed by atoms with Gasteiger partial charge in [0.2, 0.25) is 0 Å². The number of aromatic nitrogens is 2. The molecule has 2 N–H and O–H groups in total. The van der Waals surface area contributed by atoms with Crippen LogP contribution in [0.2, 0.25) is 0 Å². The Bertz CT molecular complexity index is 1120. The van der Waals surface area contributed by atoms with Gasteiger partial charge in [-0.05, 0) is 35.1 Å². The van der Waals surface area contributed by atoms with Gasteiger partial charge in [0.25, 0.3) is 0 Å². The Hall–Kier alpha value is -3.65. The van der Waals surface area contributed by atoms with Crippen molar-refractivity contribution in [3.8, 4) is 11.1 Å². The van der Waals surface area contributed by atoms with E-state index in [9.17, 15) is 14.7 Å². The van der Waals surface area contributed by atoms with E-state index in [1.807, 2.05) is 36.4 Å². The number of hydrogen-bond donors (Lipinski definition) is 2. The summed E-state index contributed by atoms with van der Waals surface area (Å²) < 4.78 is 12.5. The molecule has 1 fully saturated rings. The van der Waals surface area contributed by atoms with Crippen molar-refractivity contribution in [1.29, 1.82) is 0 Å². The lowest BCUT2D eigenvalue weighted by molar-refractivity contribution is 0.0666. The number of benzene rings is 2. The zero-order chi connectivity index (χ0) is 22.1. The van der Waals surface area contributed by atoms with Gasteiger partial charge in [0.05, 0.1) is 12.2 Å². The molecule has 1 aliphatic heterocycles. The second-order valence-electron chi connectivity index (χ2n) is 7.95. The number of nitrogens with one attached hydrogen (secondary N) is 1. The highest BCUT2D eigenvalue weighted by atomic mass is 16.5. The fourth-order valence-corrected chi connectivity index (χ4v) is 4.58. The molecule has 0 bridgehead atoms. The number of fused-ring (bicyclic) bond motifs is 3. The van der Waals surface area contributed by atoms with Crippen LogP contribution >= 0.6 is 0 Å². The highest BCUT2D eigenvalue weighted by Gasteiger charge is 2.30. The summed E-state index contributed by atoms with van der Waals surface area (Å²) in [5.74, 6) is -1.09. The fraction of sp³-hybridized carbons (Fsp3) is 0.292. The van der Waals surface area contributed by atoms with Crippen LogP contribution in [0, 0.1) is 0 Å². The molecule has 1 aliphatic carbocycles. The highest BCUT2D eigenvalue weighted by molar-refractivity contribution is 5.97. The molecule has 0 unspecified atom stereocenters. The Labute approximate surface area is 184 Å². The van der Waals surface area contributed by atoms with Gasteiger partial charge in [-0.15, -0.1) is 0 Å². The lowest BCUT2D eigenvalue weighted by atomic mass is 9.98. The zero-order valence-corrected chi connectivity index (χ0v) is 17.4. The number of ether oxygens (including phenoxy) is 2. The molecule has 5 rings (SSSR count). The summed E-state index contributed by atoms with van der Waals surface area (Å²) in [4.78, 5) is 24.4. The zero-order valence-electron chi connectivity index (χ0n) is 17.4. The topological polar surface area (TPSA) is 103 Å². The Morgan fingerprint density at radius 3 is 2.31 bits per heavy atom. The minimum Gasteiger partial charge on any atom is -0.477 e. The number of carboxylic acid groups (broad SMARTS) is 1. The lowest BCUT2D eigenvalue weighted by Crippen LogP contribution is -2.25. The normalized spacial score (nSPS) is 15.8. The number of carboxylic acids is 1. The van der Waals surface area contributed by atoms with Gasteiger partial charge in [-0.3, -0.25) is 5.32 Å². The van der Waals surface area contributed by atoms with Crippen molar-refractivity contribution in [1.82, 2.24) is 9.78 Å². The molecule has 0 radical (unpaired) electrons. The van der Waals surface area contributed by atoms with Gasteiger partial charge in [0.15, 0.2) is 0 Å². The van der Waals surface area contributed by atoms with Crippen molar-refractivity contribution >= 4 is 17.9 Å². The molecule has 2 aromatic carbocycles. The highest BCUT2D eigenvalue weighted by Crippen LogP contribution is 2.44. The fourth-order valence-electron chi connectivity index (χ4n) is 4.58. The number of nitrogens with zero attached hydrogens (tertiary/aromatic N) is 2. The molecule has 8 nitrogen and oxygen atoms in total. The maximum Gasteiger partial charge on any atom is 0.412 e. The first-order valence-corrected chi connectivity index (χ1v) is 10.6. The van der Waals surface area contributed by atoms with Gasteiger partial charge in [0, 0.05) is 19.1 Å². The van der Waals surface area contributed by atoms with Crippen LogP contribution in [-0.4, -0.2) is 46.8 Å². The van der Waals surface area contributed by atoms with Crippen LogP contribution in [-0.2, 0) is 9.47 Å². The van der Waals surface area contributed by atoms with Crippen LogP contribution in [0.15, 0.2) is 54.7 Å². The van der Waals surface area contributed by atoms with E-state index in [0.29, 0.717) is 26.1 Å². The Morgan fingerprint density at radius 2 is 1.69 bits per heavy atom. The summed E-state index contributed by atoms with van der Waals surface area (Å²) >= 11 is 0. The molecule has 32 heavy (non-hydrogen) atoms. The van der Waals surface area contributed by atoms with Gasteiger partial charge >= 0.3 is 12.1 Å². The lowest BCUT2D eigenvalue weighted by Gasteiger charge is -2.24. The van der Waals surface area contributed by atoms with E-state index < -0.39 is 12.1 Å². The van der Waals surface area contributed by atoms with E-state index in [4.69, 9.17) is 9.47 Å². The summed E-state index contributed by atoms with van der Waals surface area (Å²) in [7, 11) is 0. The molecular formula is C24H23N3O5. The minimum atomic E-state index is -1.16. The number of anilines is 1. The standard InChI is InChI=1S/C24H23N3O5/c28-23(29)20-13-25-27(15-9-11-31-12-10-15)22(20)26-24(30)32-14-21-18-7-3-1-5-16(18)17-6-2-4-8-19(17)21/h1-8,13,15,21H,9-12,14H2,(H,26,30)(H,28,29). The predicted octanol–water partition coefficient (Wildman–Crippen LogP) is 4.29. The molecule has 0 saturated carbocycles. The second-order valence-corrected chi connectivity index (χ2v) is 7.95. The molecule has 2 aliphatic rings. The molecular weight excluding hydrogens is 410 g/mol. The molecule has 8 heteroatoms. The third-order valence-electron chi connectivity index (χ3n) is 6.13. The SMILES string of the molecule is O=C(Nc1c(C(=O)O)cnn1C1CCOCC1)OCC1c2ccccc2-c2ccccc21. The van der Waals surface area contributed by atoms with Crippen LogP contribution in [0.1, 0.15) is 46.3 Å². The molecule has 1 saturated heterocycles. The van der Waals surface area contributed by atoms with Crippen molar-refractivity contribution in [2.24, 2.45) is 0 Å². The van der Waals surface area contributed by atoms with Crippen molar-refractivity contribution < 1.29 is 24.2 Å². The molecule has 164 valence electrons. The van der Waals surface area contributed by atoms with Gasteiger partial charge in [-0.1, -0.05) is 48.5 Å². The summed E-state index contributed by atoms with van der Waals surface area (Å²) in [6.45, 7) is 1.28. The quantitative estimate of drug-likeness (QED) is 0.622. The summed E-state index contributed by atoms with van der Waals surface area (Å²) in [5.41, 5.74) is 4.44. The number of amides is 1. The molecule has 1 amide bonds. The average Bonchev–Trinajstić information content (AvgIpc) is 3.38. The van der Waals surface area contributed by atoms with Crippen molar-refractivity contribution in [2.75, 3.05) is 25.1 Å². The Morgan fingerprint density at radius 1 is 1.06 bits per heavy atom. The number of aromatic carboxylic acids is 1. The summed E-state index contributed by atoms with van der Waals surface area (Å²) in [5, 5.41) is 16.4. The monoisotopic (exact) mass is 433 g/mol. The van der Waals surface area contributed by atoms with Crippen LogP contribution in [0.5, 0.6) is 0 Å². The number of carbonyl (C=O) groups excluding carboxylic acids is 1. The average molecular weight is 433 g/mol. The van der Waals surface area contributed by atoms with Crippen molar-refractivity contribution in [2.45, 2.75) is 24.8 Å². The maximum atomic E-state index is 12.7. The van der Waals surface area contributed by atoms with Crippen molar-refractivity contribution in [3.63, 3.8) is 0 Å². The summed E-state index contributed by atoms with van der Waals surface area (Å²) in [6, 6.07) is 16.1. The Balaban J connectivity index is 1.34. The Kier molecular flexibility index (Phi) is 5.36. The first-order valence-electron chi connectivity index (χ1n) is 10.6. The second kappa shape index (κ2) is 8.47. The van der Waals surface area contributed by atoms with E-state index in [2.05, 4.69) is 22.5 Å². The van der Waals surface area contributed by atoms with Gasteiger partial charge in [-0.2, -0.15) is 5.10 Å². The van der Waals surface area contributed by atoms with Gasteiger partial charge in [0.1, 0.15) is 18.0 Å². The number of rotatable bonds is 5. The van der Waals surface area contributed by atoms with Gasteiger partial charge < -0.3 is 14.6 Å². The largest absolute Gasteiger partial charge is 0.477 e. The number of carbonyl (C=O) groups is 2. The van der Waals surface area contributed by atoms with E-state index >= 15 is 0 Å². The van der Waals surface area contributed by atoms with E-state index in [1.54, 1.807) is 4.68 Å². The molecule has 1 aromatic heterocycles.